The van der Waals surface area contributed by atoms with Crippen LogP contribution < -0.4 is 5.32 Å². The zero-order valence-corrected chi connectivity index (χ0v) is 11.9. The first-order chi connectivity index (χ1) is 8.98. The molecule has 1 rings (SSSR count). The van der Waals surface area contributed by atoms with Gasteiger partial charge in [0.15, 0.2) is 0 Å². The minimum absolute atomic E-state index is 0.0867. The highest BCUT2D eigenvalue weighted by Gasteiger charge is 2.19. The molecule has 104 valence electrons. The molecule has 0 radical (unpaired) electrons. The van der Waals surface area contributed by atoms with Crippen molar-refractivity contribution >= 4 is 12.0 Å². The van der Waals surface area contributed by atoms with Crippen LogP contribution in [0.4, 0.5) is 0 Å². The predicted octanol–water partition coefficient (Wildman–Crippen LogP) is 3.00. The molecule has 0 fully saturated rings. The summed E-state index contributed by atoms with van der Waals surface area (Å²) in [4.78, 5) is 12.0. The van der Waals surface area contributed by atoms with Crippen molar-refractivity contribution in [2.24, 2.45) is 0 Å². The highest BCUT2D eigenvalue weighted by Crippen LogP contribution is 2.09. The van der Waals surface area contributed by atoms with Gasteiger partial charge in [-0.15, -0.1) is 0 Å². The van der Waals surface area contributed by atoms with E-state index >= 15 is 0 Å². The molecule has 1 aromatic rings. The maximum Gasteiger partial charge on any atom is 0.251 e. The number of aliphatic hydroxyl groups is 1. The van der Waals surface area contributed by atoms with E-state index in [1.165, 1.54) is 0 Å². The Morgan fingerprint density at radius 2 is 1.95 bits per heavy atom. The molecule has 0 atom stereocenters. The van der Waals surface area contributed by atoms with Crippen molar-refractivity contribution in [1.29, 1.82) is 0 Å². The van der Waals surface area contributed by atoms with E-state index in [1.54, 1.807) is 26.0 Å². The van der Waals surface area contributed by atoms with Crippen molar-refractivity contribution in [2.45, 2.75) is 39.2 Å². The van der Waals surface area contributed by atoms with Crippen LogP contribution in [0, 0.1) is 0 Å². The fourth-order valence-electron chi connectivity index (χ4n) is 1.55. The Labute approximate surface area is 115 Å². The Morgan fingerprint density at radius 3 is 2.47 bits per heavy atom. The Bertz CT molecular complexity index is 433. The van der Waals surface area contributed by atoms with Gasteiger partial charge in [-0.25, -0.2) is 0 Å². The molecule has 0 saturated carbocycles. The van der Waals surface area contributed by atoms with Gasteiger partial charge in [0.1, 0.15) is 0 Å². The highest BCUT2D eigenvalue weighted by atomic mass is 16.3. The van der Waals surface area contributed by atoms with Gasteiger partial charge in [-0.3, -0.25) is 4.79 Å². The summed E-state index contributed by atoms with van der Waals surface area (Å²) >= 11 is 0. The lowest BCUT2D eigenvalue weighted by atomic mass is 10.1. The third kappa shape index (κ3) is 5.26. The molecule has 0 aliphatic carbocycles. The maximum absolute atomic E-state index is 12.0. The van der Waals surface area contributed by atoms with Crippen LogP contribution in [0.15, 0.2) is 30.3 Å². The number of unbranched alkanes of at least 4 members (excludes halogenated alkanes) is 1. The fraction of sp³-hybridized carbons (Fsp3) is 0.438. The number of benzene rings is 1. The minimum Gasteiger partial charge on any atom is -0.394 e. The average molecular weight is 261 g/mol. The molecule has 1 amide bonds. The van der Waals surface area contributed by atoms with Gasteiger partial charge in [0.2, 0.25) is 0 Å². The SMILES string of the molecule is CCCC=Cc1ccc(C(=O)NC(C)(C)CO)cc1. The summed E-state index contributed by atoms with van der Waals surface area (Å²) in [6.45, 7) is 5.62. The lowest BCUT2D eigenvalue weighted by Crippen LogP contribution is -2.46. The first-order valence-corrected chi connectivity index (χ1v) is 6.68. The van der Waals surface area contributed by atoms with Crippen LogP contribution in [0.2, 0.25) is 0 Å². The predicted molar refractivity (Wildman–Crippen MR) is 79.0 cm³/mol. The number of allylic oxidation sites excluding steroid dienone is 1. The summed E-state index contributed by atoms with van der Waals surface area (Å²) < 4.78 is 0. The topological polar surface area (TPSA) is 49.3 Å². The smallest absolute Gasteiger partial charge is 0.251 e. The van der Waals surface area contributed by atoms with Crippen LogP contribution >= 0.6 is 0 Å². The van der Waals surface area contributed by atoms with Gasteiger partial charge < -0.3 is 10.4 Å². The fourth-order valence-corrected chi connectivity index (χ4v) is 1.55. The Kier molecular flexibility index (Phi) is 5.77. The lowest BCUT2D eigenvalue weighted by Gasteiger charge is -2.23. The molecule has 1 aromatic carbocycles. The van der Waals surface area contributed by atoms with Gasteiger partial charge in [-0.1, -0.05) is 37.6 Å². The van der Waals surface area contributed by atoms with E-state index in [0.29, 0.717) is 5.56 Å². The number of rotatable bonds is 6. The quantitative estimate of drug-likeness (QED) is 0.827. The van der Waals surface area contributed by atoms with Crippen molar-refractivity contribution in [1.82, 2.24) is 5.32 Å². The second kappa shape index (κ2) is 7.10. The van der Waals surface area contributed by atoms with Crippen LogP contribution in [-0.4, -0.2) is 23.2 Å². The number of hydrogen-bond acceptors (Lipinski definition) is 2. The number of amides is 1. The zero-order valence-electron chi connectivity index (χ0n) is 11.9. The summed E-state index contributed by atoms with van der Waals surface area (Å²) in [5.41, 5.74) is 1.09. The van der Waals surface area contributed by atoms with Crippen LogP contribution in [0.1, 0.15) is 49.5 Å². The monoisotopic (exact) mass is 261 g/mol. The molecule has 2 N–H and O–H groups in total. The molecule has 0 spiro atoms. The van der Waals surface area contributed by atoms with E-state index in [9.17, 15) is 4.79 Å². The largest absolute Gasteiger partial charge is 0.394 e. The van der Waals surface area contributed by atoms with Crippen LogP contribution in [0.3, 0.4) is 0 Å². The standard InChI is InChI=1S/C16H23NO2/c1-4-5-6-7-13-8-10-14(11-9-13)15(19)17-16(2,3)12-18/h6-11,18H,4-5,12H2,1-3H3,(H,17,19). The van der Waals surface area contributed by atoms with Gasteiger partial charge in [0.25, 0.3) is 5.91 Å². The number of nitrogens with one attached hydrogen (secondary N) is 1. The van der Waals surface area contributed by atoms with Crippen molar-refractivity contribution in [3.63, 3.8) is 0 Å². The second-order valence-electron chi connectivity index (χ2n) is 5.31. The molecular formula is C16H23NO2. The molecule has 0 aliphatic rings. The summed E-state index contributed by atoms with van der Waals surface area (Å²) in [6.07, 6.45) is 6.38. The summed E-state index contributed by atoms with van der Waals surface area (Å²) in [5.74, 6) is -0.164. The molecular weight excluding hydrogens is 238 g/mol. The number of carbonyl (C=O) groups excluding carboxylic acids is 1. The van der Waals surface area contributed by atoms with Crippen LogP contribution in [-0.2, 0) is 0 Å². The summed E-state index contributed by atoms with van der Waals surface area (Å²) in [6, 6.07) is 7.45. The molecule has 0 unspecified atom stereocenters. The Balaban J connectivity index is 2.68. The van der Waals surface area contributed by atoms with E-state index in [-0.39, 0.29) is 12.5 Å². The van der Waals surface area contributed by atoms with Crippen molar-refractivity contribution in [2.75, 3.05) is 6.61 Å². The average Bonchev–Trinajstić information content (AvgIpc) is 2.39. The van der Waals surface area contributed by atoms with Crippen LogP contribution in [0.5, 0.6) is 0 Å². The molecule has 0 bridgehead atoms. The van der Waals surface area contributed by atoms with Crippen molar-refractivity contribution < 1.29 is 9.90 Å². The molecule has 0 aliphatic heterocycles. The van der Waals surface area contributed by atoms with Crippen molar-refractivity contribution in [3.05, 3.63) is 41.5 Å². The van der Waals surface area contributed by atoms with Crippen LogP contribution in [0.25, 0.3) is 6.08 Å². The number of carbonyl (C=O) groups is 1. The van der Waals surface area contributed by atoms with E-state index < -0.39 is 5.54 Å². The Hall–Kier alpha value is -1.61. The van der Waals surface area contributed by atoms with E-state index in [4.69, 9.17) is 5.11 Å². The molecule has 0 aromatic heterocycles. The summed E-state index contributed by atoms with van der Waals surface area (Å²) in [5, 5.41) is 11.9. The van der Waals surface area contributed by atoms with E-state index in [2.05, 4.69) is 24.4 Å². The molecule has 3 nitrogen and oxygen atoms in total. The van der Waals surface area contributed by atoms with Gasteiger partial charge in [-0.2, -0.15) is 0 Å². The van der Waals surface area contributed by atoms with Gasteiger partial charge in [-0.05, 0) is 38.0 Å². The first kappa shape index (κ1) is 15.4. The molecule has 3 heteroatoms. The summed E-state index contributed by atoms with van der Waals surface area (Å²) in [7, 11) is 0. The molecule has 0 heterocycles. The van der Waals surface area contributed by atoms with E-state index in [0.717, 1.165) is 18.4 Å². The lowest BCUT2D eigenvalue weighted by molar-refractivity contribution is 0.0869. The Morgan fingerprint density at radius 1 is 1.32 bits per heavy atom. The minimum atomic E-state index is -0.600. The molecule has 0 saturated heterocycles. The van der Waals surface area contributed by atoms with Gasteiger partial charge >= 0.3 is 0 Å². The first-order valence-electron chi connectivity index (χ1n) is 6.68. The van der Waals surface area contributed by atoms with Gasteiger partial charge in [0, 0.05) is 5.56 Å². The van der Waals surface area contributed by atoms with E-state index in [1.807, 2.05) is 12.1 Å². The highest BCUT2D eigenvalue weighted by molar-refractivity contribution is 5.94. The zero-order chi connectivity index (χ0) is 14.3. The van der Waals surface area contributed by atoms with Crippen molar-refractivity contribution in [3.8, 4) is 0 Å². The molecule has 19 heavy (non-hydrogen) atoms. The third-order valence-corrected chi connectivity index (χ3v) is 2.79. The normalized spacial score (nSPS) is 11.8. The second-order valence-corrected chi connectivity index (χ2v) is 5.31. The number of hydrogen-bond donors (Lipinski definition) is 2. The maximum atomic E-state index is 12.0. The number of aliphatic hydroxyl groups excluding tert-OH is 1. The van der Waals surface area contributed by atoms with Gasteiger partial charge in [0.05, 0.1) is 12.1 Å². The third-order valence-electron chi connectivity index (χ3n) is 2.79.